The molecule has 7 heteroatoms. The fourth-order valence-corrected chi connectivity index (χ4v) is 1.87. The van der Waals surface area contributed by atoms with Crippen molar-refractivity contribution in [2.24, 2.45) is 5.10 Å². The lowest BCUT2D eigenvalue weighted by atomic mass is 10.2. The monoisotopic (exact) mass is 316 g/mol. The number of halogens is 1. The van der Waals surface area contributed by atoms with Gasteiger partial charge in [-0.1, -0.05) is 0 Å². The van der Waals surface area contributed by atoms with Crippen LogP contribution in [0.4, 0.5) is 0 Å². The lowest BCUT2D eigenvalue weighted by Gasteiger charge is -2.20. The molecule has 0 aromatic carbocycles. The number of rotatable bonds is 4. The summed E-state index contributed by atoms with van der Waals surface area (Å²) in [4.78, 5) is 11.6. The Morgan fingerprint density at radius 2 is 2.28 bits per heavy atom. The summed E-state index contributed by atoms with van der Waals surface area (Å²) in [5.41, 5.74) is 2.39. The first-order valence-electron chi connectivity index (χ1n) is 5.43. The summed E-state index contributed by atoms with van der Waals surface area (Å²) in [6, 6.07) is 3.47. The lowest BCUT2D eigenvalue weighted by Crippen LogP contribution is -2.33. The summed E-state index contributed by atoms with van der Waals surface area (Å²) in [6.45, 7) is 2.74. The van der Waals surface area contributed by atoms with Crippen LogP contribution in [0.25, 0.3) is 0 Å². The number of nitrogens with one attached hydrogen (secondary N) is 1. The van der Waals surface area contributed by atoms with Gasteiger partial charge in [0, 0.05) is 0 Å². The molecule has 2 rings (SSSR count). The molecule has 18 heavy (non-hydrogen) atoms. The van der Waals surface area contributed by atoms with Crippen molar-refractivity contribution in [2.45, 2.75) is 19.1 Å². The molecule has 0 bridgehead atoms. The minimum Gasteiger partial charge on any atom is -0.448 e. The topological polar surface area (TPSA) is 73.1 Å². The van der Waals surface area contributed by atoms with Crippen LogP contribution in [0.5, 0.6) is 0 Å². The second-order valence-corrected chi connectivity index (χ2v) is 4.72. The van der Waals surface area contributed by atoms with E-state index in [0.717, 1.165) is 0 Å². The van der Waals surface area contributed by atoms with Gasteiger partial charge in [0.25, 0.3) is 0 Å². The Kier molecular flexibility index (Phi) is 4.15. The fourth-order valence-electron chi connectivity index (χ4n) is 1.56. The zero-order valence-corrected chi connectivity index (χ0v) is 11.4. The van der Waals surface area contributed by atoms with E-state index in [9.17, 15) is 4.79 Å². The molecule has 0 atom stereocenters. The third-order valence-electron chi connectivity index (χ3n) is 2.35. The molecule has 2 heterocycles. The van der Waals surface area contributed by atoms with Gasteiger partial charge in [0.15, 0.2) is 10.5 Å². The van der Waals surface area contributed by atoms with Gasteiger partial charge in [0.2, 0.25) is 5.91 Å². The van der Waals surface area contributed by atoms with Crippen LogP contribution >= 0.6 is 15.9 Å². The normalized spacial score (nSPS) is 18.3. The van der Waals surface area contributed by atoms with E-state index in [1.165, 1.54) is 6.21 Å². The largest absolute Gasteiger partial charge is 0.448 e. The molecule has 6 nitrogen and oxygen atoms in total. The Balaban J connectivity index is 1.79. The molecule has 0 saturated carbocycles. The van der Waals surface area contributed by atoms with E-state index in [1.807, 2.05) is 0 Å². The number of hydrogen-bond acceptors (Lipinski definition) is 5. The van der Waals surface area contributed by atoms with E-state index in [2.05, 4.69) is 26.5 Å². The average Bonchev–Trinajstić information content (AvgIpc) is 2.88. The van der Waals surface area contributed by atoms with Crippen LogP contribution in [-0.4, -0.2) is 31.1 Å². The molecule has 1 saturated heterocycles. The predicted molar refractivity (Wildman–Crippen MR) is 67.1 cm³/mol. The van der Waals surface area contributed by atoms with Crippen LogP contribution in [-0.2, 0) is 14.3 Å². The molecular formula is C11H13BrN2O4. The second kappa shape index (κ2) is 5.64. The van der Waals surface area contributed by atoms with Crippen molar-refractivity contribution in [3.63, 3.8) is 0 Å². The molecule has 1 aliphatic heterocycles. The maximum Gasteiger partial charge on any atom is 0.245 e. The highest BCUT2D eigenvalue weighted by molar-refractivity contribution is 9.10. The van der Waals surface area contributed by atoms with E-state index in [-0.39, 0.29) is 12.3 Å². The molecule has 1 fully saturated rings. The average molecular weight is 317 g/mol. The van der Waals surface area contributed by atoms with Crippen LogP contribution in [0.2, 0.25) is 0 Å². The van der Waals surface area contributed by atoms with Crippen LogP contribution in [0, 0.1) is 0 Å². The Labute approximate surface area is 112 Å². The first-order chi connectivity index (χ1) is 8.57. The van der Waals surface area contributed by atoms with Crippen LogP contribution in [0.1, 0.15) is 19.1 Å². The van der Waals surface area contributed by atoms with Crippen molar-refractivity contribution in [3.8, 4) is 0 Å². The lowest BCUT2D eigenvalue weighted by molar-refractivity contribution is -0.159. The van der Waals surface area contributed by atoms with Crippen molar-refractivity contribution in [1.82, 2.24) is 5.43 Å². The zero-order valence-electron chi connectivity index (χ0n) is 9.81. The SMILES string of the molecule is CC1(CC(=O)N/N=C/c2ccc(Br)o2)OCCO1. The molecule has 1 amide bonds. The molecular weight excluding hydrogens is 304 g/mol. The molecule has 1 aromatic rings. The molecule has 0 unspecified atom stereocenters. The first kappa shape index (κ1) is 13.3. The van der Waals surface area contributed by atoms with Crippen molar-refractivity contribution >= 4 is 28.1 Å². The van der Waals surface area contributed by atoms with Gasteiger partial charge < -0.3 is 13.9 Å². The second-order valence-electron chi connectivity index (χ2n) is 3.94. The number of hydrazone groups is 1. The predicted octanol–water partition coefficient (Wildman–Crippen LogP) is 1.65. The third kappa shape index (κ3) is 3.66. The maximum atomic E-state index is 11.6. The maximum absolute atomic E-state index is 11.6. The van der Waals surface area contributed by atoms with Crippen LogP contribution < -0.4 is 5.43 Å². The van der Waals surface area contributed by atoms with E-state index in [1.54, 1.807) is 19.1 Å². The van der Waals surface area contributed by atoms with E-state index in [0.29, 0.717) is 23.6 Å². The van der Waals surface area contributed by atoms with Gasteiger partial charge >= 0.3 is 0 Å². The standard InChI is InChI=1S/C11H13BrN2O4/c1-11(16-4-5-17-11)6-10(15)14-13-7-8-2-3-9(12)18-8/h2-3,7H,4-6H2,1H3,(H,14,15)/b13-7+. The quantitative estimate of drug-likeness (QED) is 0.677. The molecule has 98 valence electrons. The van der Waals surface area contributed by atoms with Gasteiger partial charge in [-0.25, -0.2) is 5.43 Å². The van der Waals surface area contributed by atoms with Crippen molar-refractivity contribution in [1.29, 1.82) is 0 Å². The number of furan rings is 1. The van der Waals surface area contributed by atoms with Gasteiger partial charge in [-0.15, -0.1) is 0 Å². The number of ether oxygens (including phenoxy) is 2. The van der Waals surface area contributed by atoms with Crippen molar-refractivity contribution < 1.29 is 18.7 Å². The first-order valence-corrected chi connectivity index (χ1v) is 6.22. The smallest absolute Gasteiger partial charge is 0.245 e. The highest BCUT2D eigenvalue weighted by atomic mass is 79.9. The van der Waals surface area contributed by atoms with E-state index in [4.69, 9.17) is 13.9 Å². The third-order valence-corrected chi connectivity index (χ3v) is 2.78. The van der Waals surface area contributed by atoms with Crippen LogP contribution in [0.15, 0.2) is 26.3 Å². The Bertz CT molecular complexity index is 452. The summed E-state index contributed by atoms with van der Waals surface area (Å²) < 4.78 is 16.4. The number of carbonyl (C=O) groups is 1. The Morgan fingerprint density at radius 1 is 1.56 bits per heavy atom. The molecule has 0 radical (unpaired) electrons. The van der Waals surface area contributed by atoms with Gasteiger partial charge in [-0.05, 0) is 35.0 Å². The van der Waals surface area contributed by atoms with Gasteiger partial charge in [-0.3, -0.25) is 4.79 Å². The van der Waals surface area contributed by atoms with Crippen molar-refractivity contribution in [3.05, 3.63) is 22.6 Å². The summed E-state index contributed by atoms with van der Waals surface area (Å²) in [5.74, 6) is -0.573. The van der Waals surface area contributed by atoms with Gasteiger partial charge in [0.05, 0.1) is 25.8 Å². The number of hydrogen-bond donors (Lipinski definition) is 1. The van der Waals surface area contributed by atoms with Gasteiger partial charge in [0.1, 0.15) is 5.76 Å². The zero-order chi connectivity index (χ0) is 13.0. The van der Waals surface area contributed by atoms with Crippen LogP contribution in [0.3, 0.4) is 0 Å². The minimum atomic E-state index is -0.840. The molecule has 1 N–H and O–H groups in total. The minimum absolute atomic E-state index is 0.103. The highest BCUT2D eigenvalue weighted by Gasteiger charge is 2.33. The van der Waals surface area contributed by atoms with E-state index >= 15 is 0 Å². The van der Waals surface area contributed by atoms with Gasteiger partial charge in [-0.2, -0.15) is 5.10 Å². The highest BCUT2D eigenvalue weighted by Crippen LogP contribution is 2.22. The molecule has 1 aliphatic rings. The number of nitrogens with zero attached hydrogens (tertiary/aromatic N) is 1. The molecule has 0 aliphatic carbocycles. The summed E-state index contributed by atoms with van der Waals surface area (Å²) >= 11 is 3.17. The summed E-state index contributed by atoms with van der Waals surface area (Å²) in [6.07, 6.45) is 1.52. The summed E-state index contributed by atoms with van der Waals surface area (Å²) in [5, 5.41) is 3.78. The van der Waals surface area contributed by atoms with Crippen molar-refractivity contribution in [2.75, 3.05) is 13.2 Å². The fraction of sp³-hybridized carbons (Fsp3) is 0.455. The Morgan fingerprint density at radius 3 is 2.89 bits per heavy atom. The molecule has 0 spiro atoms. The Hall–Kier alpha value is -1.18. The number of amides is 1. The van der Waals surface area contributed by atoms with E-state index < -0.39 is 5.79 Å². The summed E-state index contributed by atoms with van der Waals surface area (Å²) in [7, 11) is 0. The molecule has 1 aromatic heterocycles. The number of carbonyl (C=O) groups excluding carboxylic acids is 1.